The Balaban J connectivity index is 2.05. The van der Waals surface area contributed by atoms with Crippen molar-refractivity contribution < 1.29 is 4.39 Å². The van der Waals surface area contributed by atoms with E-state index < -0.39 is 0 Å². The molecule has 0 aliphatic heterocycles. The van der Waals surface area contributed by atoms with E-state index in [1.54, 1.807) is 17.4 Å². The summed E-state index contributed by atoms with van der Waals surface area (Å²) >= 11 is 5.05. The molecule has 1 heterocycles. The van der Waals surface area contributed by atoms with Crippen molar-refractivity contribution >= 4 is 27.3 Å². The topological polar surface area (TPSA) is 12.9 Å². The van der Waals surface area contributed by atoms with Crippen molar-refractivity contribution in [2.75, 3.05) is 0 Å². The van der Waals surface area contributed by atoms with Gasteiger partial charge in [0.1, 0.15) is 10.8 Å². The summed E-state index contributed by atoms with van der Waals surface area (Å²) < 4.78 is 14.4. The van der Waals surface area contributed by atoms with Crippen molar-refractivity contribution in [1.29, 1.82) is 0 Å². The van der Waals surface area contributed by atoms with Gasteiger partial charge in [-0.2, -0.15) is 0 Å². The molecule has 0 N–H and O–H groups in total. The van der Waals surface area contributed by atoms with E-state index in [9.17, 15) is 4.39 Å². The van der Waals surface area contributed by atoms with Gasteiger partial charge in [-0.1, -0.05) is 40.2 Å². The van der Waals surface area contributed by atoms with Crippen LogP contribution in [-0.2, 0) is 0 Å². The molecule has 0 radical (unpaired) electrons. The Bertz CT molecular complexity index is 749. The molecule has 4 heteroatoms. The first-order valence-electron chi connectivity index (χ1n) is 6.13. The first-order chi connectivity index (χ1) is 9.63. The normalized spacial score (nSPS) is 10.8. The van der Waals surface area contributed by atoms with Gasteiger partial charge in [0, 0.05) is 20.5 Å². The Morgan fingerprint density at radius 2 is 1.80 bits per heavy atom. The van der Waals surface area contributed by atoms with E-state index in [1.165, 1.54) is 12.1 Å². The van der Waals surface area contributed by atoms with Crippen molar-refractivity contribution in [1.82, 2.24) is 4.98 Å². The third-order valence-electron chi connectivity index (χ3n) is 2.99. The number of aryl methyl sites for hydroxylation is 1. The Kier molecular flexibility index (Phi) is 3.68. The molecular formula is C16H11BrFNS. The van der Waals surface area contributed by atoms with Gasteiger partial charge in [0.25, 0.3) is 0 Å². The van der Waals surface area contributed by atoms with Gasteiger partial charge < -0.3 is 0 Å². The lowest BCUT2D eigenvalue weighted by molar-refractivity contribution is 0.628. The fraction of sp³-hybridized carbons (Fsp3) is 0.0625. The lowest BCUT2D eigenvalue weighted by Crippen LogP contribution is -1.83. The van der Waals surface area contributed by atoms with Crippen LogP contribution in [0.5, 0.6) is 0 Å². The molecule has 0 amide bonds. The van der Waals surface area contributed by atoms with Crippen LogP contribution in [0.3, 0.4) is 0 Å². The molecule has 0 saturated carbocycles. The number of benzene rings is 2. The quantitative estimate of drug-likeness (QED) is 0.580. The third-order valence-corrected chi connectivity index (χ3v) is 4.53. The minimum atomic E-state index is -0.236. The number of hydrogen-bond donors (Lipinski definition) is 0. The predicted octanol–water partition coefficient (Wildman–Crippen LogP) is 5.69. The van der Waals surface area contributed by atoms with Gasteiger partial charge in [0.15, 0.2) is 0 Å². The fourth-order valence-electron chi connectivity index (χ4n) is 2.02. The first-order valence-corrected chi connectivity index (χ1v) is 7.74. The van der Waals surface area contributed by atoms with Crippen LogP contribution in [0.1, 0.15) is 4.88 Å². The highest BCUT2D eigenvalue weighted by atomic mass is 79.9. The first kappa shape index (κ1) is 13.5. The number of rotatable bonds is 2. The summed E-state index contributed by atoms with van der Waals surface area (Å²) in [5.74, 6) is -0.236. The van der Waals surface area contributed by atoms with Gasteiger partial charge in [-0.15, -0.1) is 11.3 Å². The number of aromatic nitrogens is 1. The highest BCUT2D eigenvalue weighted by Gasteiger charge is 2.11. The van der Waals surface area contributed by atoms with Crippen LogP contribution < -0.4 is 0 Å². The zero-order valence-electron chi connectivity index (χ0n) is 10.7. The second kappa shape index (κ2) is 5.46. The van der Waals surface area contributed by atoms with Gasteiger partial charge in [0.05, 0.1) is 5.69 Å². The number of hydrogen-bond acceptors (Lipinski definition) is 2. The molecule has 0 aliphatic rings. The molecule has 0 saturated heterocycles. The van der Waals surface area contributed by atoms with Crippen molar-refractivity contribution in [2.24, 2.45) is 0 Å². The van der Waals surface area contributed by atoms with Crippen LogP contribution in [0.25, 0.3) is 21.8 Å². The molecule has 3 rings (SSSR count). The van der Waals surface area contributed by atoms with Crippen LogP contribution in [0.4, 0.5) is 4.39 Å². The largest absolute Gasteiger partial charge is 0.236 e. The van der Waals surface area contributed by atoms with E-state index in [4.69, 9.17) is 0 Å². The smallest absolute Gasteiger partial charge is 0.124 e. The monoisotopic (exact) mass is 347 g/mol. The van der Waals surface area contributed by atoms with E-state index in [0.717, 1.165) is 31.2 Å². The average molecular weight is 348 g/mol. The van der Waals surface area contributed by atoms with Crippen molar-refractivity contribution in [2.45, 2.75) is 6.92 Å². The molecule has 1 aromatic heterocycles. The summed E-state index contributed by atoms with van der Waals surface area (Å²) in [4.78, 5) is 5.75. The maximum atomic E-state index is 13.3. The Labute approximate surface area is 129 Å². The second-order valence-electron chi connectivity index (χ2n) is 4.44. The molecule has 2 aromatic carbocycles. The Morgan fingerprint density at radius 1 is 1.05 bits per heavy atom. The highest BCUT2D eigenvalue weighted by Crippen LogP contribution is 2.33. The molecule has 0 bridgehead atoms. The maximum Gasteiger partial charge on any atom is 0.124 e. The predicted molar refractivity (Wildman–Crippen MR) is 85.4 cm³/mol. The molecule has 0 aliphatic carbocycles. The number of thiazole rings is 1. The summed E-state index contributed by atoms with van der Waals surface area (Å²) in [5, 5.41) is 0.953. The van der Waals surface area contributed by atoms with Crippen LogP contribution >= 0.6 is 27.3 Å². The van der Waals surface area contributed by atoms with Gasteiger partial charge in [0.2, 0.25) is 0 Å². The molecular weight excluding hydrogens is 337 g/mol. The number of nitrogens with zero attached hydrogens (tertiary/aromatic N) is 1. The molecule has 0 unspecified atom stereocenters. The fourth-order valence-corrected chi connectivity index (χ4v) is 3.22. The van der Waals surface area contributed by atoms with Gasteiger partial charge in [-0.25, -0.2) is 9.37 Å². The van der Waals surface area contributed by atoms with E-state index in [-0.39, 0.29) is 5.82 Å². The highest BCUT2D eigenvalue weighted by molar-refractivity contribution is 9.10. The van der Waals surface area contributed by atoms with Crippen LogP contribution in [0, 0.1) is 12.7 Å². The molecule has 0 fully saturated rings. The van der Waals surface area contributed by atoms with Crippen LogP contribution in [0.2, 0.25) is 0 Å². The standard InChI is InChI=1S/C16H11BrFNS/c1-10-15(12-3-2-4-14(18)9-12)19-16(20-10)11-5-7-13(17)8-6-11/h2-9H,1H3. The lowest BCUT2D eigenvalue weighted by Gasteiger charge is -1.98. The second-order valence-corrected chi connectivity index (χ2v) is 6.56. The van der Waals surface area contributed by atoms with E-state index in [1.807, 2.05) is 37.3 Å². The molecule has 3 aromatic rings. The summed E-state index contributed by atoms with van der Waals surface area (Å²) in [5.41, 5.74) is 2.75. The van der Waals surface area contributed by atoms with Gasteiger partial charge in [-0.3, -0.25) is 0 Å². The lowest BCUT2D eigenvalue weighted by atomic mass is 10.1. The molecule has 20 heavy (non-hydrogen) atoms. The molecule has 100 valence electrons. The van der Waals surface area contributed by atoms with Gasteiger partial charge in [-0.05, 0) is 31.2 Å². The number of halogens is 2. The van der Waals surface area contributed by atoms with Crippen molar-refractivity contribution in [3.63, 3.8) is 0 Å². The molecule has 1 nitrogen and oxygen atoms in total. The summed E-state index contributed by atoms with van der Waals surface area (Å²) in [7, 11) is 0. The zero-order valence-corrected chi connectivity index (χ0v) is 13.1. The Hall–Kier alpha value is -1.52. The average Bonchev–Trinajstić information content (AvgIpc) is 2.82. The van der Waals surface area contributed by atoms with Crippen LogP contribution in [-0.4, -0.2) is 4.98 Å². The van der Waals surface area contributed by atoms with Crippen molar-refractivity contribution in [3.8, 4) is 21.8 Å². The van der Waals surface area contributed by atoms with Crippen molar-refractivity contribution in [3.05, 3.63) is 63.7 Å². The third kappa shape index (κ3) is 2.67. The van der Waals surface area contributed by atoms with E-state index in [2.05, 4.69) is 20.9 Å². The Morgan fingerprint density at radius 3 is 2.50 bits per heavy atom. The van der Waals surface area contributed by atoms with E-state index >= 15 is 0 Å². The summed E-state index contributed by atoms with van der Waals surface area (Å²) in [6.07, 6.45) is 0. The maximum absolute atomic E-state index is 13.3. The van der Waals surface area contributed by atoms with Gasteiger partial charge >= 0.3 is 0 Å². The minimum absolute atomic E-state index is 0.236. The zero-order chi connectivity index (χ0) is 14.1. The van der Waals surface area contributed by atoms with Crippen LogP contribution in [0.15, 0.2) is 53.0 Å². The SMILES string of the molecule is Cc1sc(-c2ccc(Br)cc2)nc1-c1cccc(F)c1. The van der Waals surface area contributed by atoms with E-state index in [0.29, 0.717) is 0 Å². The summed E-state index contributed by atoms with van der Waals surface area (Å²) in [6, 6.07) is 14.6. The molecule has 0 atom stereocenters. The summed E-state index contributed by atoms with van der Waals surface area (Å²) in [6.45, 7) is 2.01. The minimum Gasteiger partial charge on any atom is -0.236 e. The molecule has 0 spiro atoms.